The molecule has 9 heteroatoms. The first-order chi connectivity index (χ1) is 14.8. The number of fused-ring (bicyclic) bond motifs is 3. The van der Waals surface area contributed by atoms with Gasteiger partial charge in [-0.25, -0.2) is 9.50 Å². The highest BCUT2D eigenvalue weighted by atomic mass is 35.5. The Morgan fingerprint density at radius 1 is 1.23 bits per heavy atom. The molecule has 3 aromatic rings. The summed E-state index contributed by atoms with van der Waals surface area (Å²) in [7, 11) is 1.94. The SMILES string of the molecule is Cc1nc2c3c(nn2c(C)c1Cl)CN(C(=O)c1ccccc1OC1CN(C)CC1O)C3. The number of β-amino-alcohol motifs (C(OH)–C–C–N with tert-alkyl or cyclic N) is 1. The smallest absolute Gasteiger partial charge is 0.258 e. The quantitative estimate of drug-likeness (QED) is 0.671. The van der Waals surface area contributed by atoms with E-state index in [-0.39, 0.29) is 12.0 Å². The number of ether oxygens (including phenoxy) is 1. The van der Waals surface area contributed by atoms with E-state index < -0.39 is 6.10 Å². The van der Waals surface area contributed by atoms with Gasteiger partial charge in [0.2, 0.25) is 0 Å². The van der Waals surface area contributed by atoms with Crippen molar-refractivity contribution in [1.82, 2.24) is 24.4 Å². The van der Waals surface area contributed by atoms with Crippen LogP contribution in [0, 0.1) is 13.8 Å². The first kappa shape index (κ1) is 20.2. The Morgan fingerprint density at radius 3 is 2.74 bits per heavy atom. The molecule has 162 valence electrons. The van der Waals surface area contributed by atoms with Gasteiger partial charge >= 0.3 is 0 Å². The largest absolute Gasteiger partial charge is 0.485 e. The van der Waals surface area contributed by atoms with Crippen LogP contribution in [0.5, 0.6) is 5.75 Å². The zero-order valence-corrected chi connectivity index (χ0v) is 18.4. The van der Waals surface area contributed by atoms with Gasteiger partial charge in [-0.15, -0.1) is 0 Å². The van der Waals surface area contributed by atoms with Gasteiger partial charge in [0.1, 0.15) is 18.0 Å². The zero-order valence-electron chi connectivity index (χ0n) is 17.7. The Balaban J connectivity index is 1.41. The summed E-state index contributed by atoms with van der Waals surface area (Å²) in [5.41, 5.74) is 4.59. The second-order valence-electron chi connectivity index (χ2n) is 8.36. The van der Waals surface area contributed by atoms with Crippen LogP contribution < -0.4 is 4.74 Å². The van der Waals surface area contributed by atoms with Crippen LogP contribution in [0.3, 0.4) is 0 Å². The van der Waals surface area contributed by atoms with Crippen LogP contribution >= 0.6 is 11.6 Å². The molecule has 1 saturated heterocycles. The van der Waals surface area contributed by atoms with E-state index in [2.05, 4.69) is 10.1 Å². The van der Waals surface area contributed by atoms with Crippen LogP contribution in [-0.2, 0) is 13.1 Å². The molecule has 1 fully saturated rings. The van der Waals surface area contributed by atoms with Crippen molar-refractivity contribution in [2.24, 2.45) is 0 Å². The maximum absolute atomic E-state index is 13.4. The maximum Gasteiger partial charge on any atom is 0.258 e. The molecule has 0 saturated carbocycles. The number of carbonyl (C=O) groups excluding carboxylic acids is 1. The third kappa shape index (κ3) is 3.35. The number of likely N-dealkylation sites (N-methyl/N-ethyl adjacent to an activating group) is 1. The first-order valence-corrected chi connectivity index (χ1v) is 10.7. The summed E-state index contributed by atoms with van der Waals surface area (Å²) in [6, 6.07) is 7.20. The van der Waals surface area contributed by atoms with Crippen molar-refractivity contribution in [2.45, 2.75) is 39.1 Å². The topological polar surface area (TPSA) is 83.2 Å². The minimum absolute atomic E-state index is 0.130. The lowest BCUT2D eigenvalue weighted by atomic mass is 10.1. The van der Waals surface area contributed by atoms with E-state index in [0.717, 1.165) is 28.3 Å². The molecule has 1 N–H and O–H groups in total. The van der Waals surface area contributed by atoms with Gasteiger partial charge in [-0.1, -0.05) is 23.7 Å². The molecule has 2 aliphatic rings. The number of halogens is 1. The van der Waals surface area contributed by atoms with E-state index in [9.17, 15) is 9.90 Å². The van der Waals surface area contributed by atoms with E-state index in [4.69, 9.17) is 16.3 Å². The lowest BCUT2D eigenvalue weighted by Gasteiger charge is -2.21. The van der Waals surface area contributed by atoms with Crippen LogP contribution in [0.2, 0.25) is 5.02 Å². The Kier molecular flexibility index (Phi) is 4.88. The Labute approximate surface area is 185 Å². The molecule has 0 radical (unpaired) electrons. The van der Waals surface area contributed by atoms with Gasteiger partial charge in [-0.05, 0) is 33.0 Å². The summed E-state index contributed by atoms with van der Waals surface area (Å²) in [6.07, 6.45) is -0.944. The zero-order chi connectivity index (χ0) is 21.9. The highest BCUT2D eigenvalue weighted by Crippen LogP contribution is 2.31. The van der Waals surface area contributed by atoms with Crippen molar-refractivity contribution < 1.29 is 14.6 Å². The third-order valence-electron chi connectivity index (χ3n) is 6.06. The van der Waals surface area contributed by atoms with Gasteiger partial charge in [0.15, 0.2) is 5.65 Å². The highest BCUT2D eigenvalue weighted by Gasteiger charge is 2.34. The number of aliphatic hydroxyl groups is 1. The lowest BCUT2D eigenvalue weighted by Crippen LogP contribution is -2.32. The Morgan fingerprint density at radius 2 is 2.00 bits per heavy atom. The van der Waals surface area contributed by atoms with Crippen LogP contribution in [0.25, 0.3) is 5.65 Å². The molecule has 0 aliphatic carbocycles. The third-order valence-corrected chi connectivity index (χ3v) is 6.61. The van der Waals surface area contributed by atoms with Crippen molar-refractivity contribution in [2.75, 3.05) is 20.1 Å². The van der Waals surface area contributed by atoms with Crippen LogP contribution in [0.4, 0.5) is 0 Å². The molecule has 2 unspecified atom stereocenters. The Hall–Kier alpha value is -2.68. The number of carbonyl (C=O) groups is 1. The average Bonchev–Trinajstić information content (AvgIpc) is 3.39. The Bertz CT molecular complexity index is 1190. The van der Waals surface area contributed by atoms with Crippen molar-refractivity contribution in [3.05, 3.63) is 57.5 Å². The molecule has 1 aromatic carbocycles. The highest BCUT2D eigenvalue weighted by molar-refractivity contribution is 6.31. The van der Waals surface area contributed by atoms with E-state index in [1.807, 2.05) is 37.9 Å². The molecule has 31 heavy (non-hydrogen) atoms. The van der Waals surface area contributed by atoms with Crippen LogP contribution in [0.15, 0.2) is 24.3 Å². The van der Waals surface area contributed by atoms with Gasteiger partial charge in [0.05, 0.1) is 40.8 Å². The predicted octanol–water partition coefficient (Wildman–Crippen LogP) is 2.21. The summed E-state index contributed by atoms with van der Waals surface area (Å²) in [5.74, 6) is 0.359. The fraction of sp³-hybridized carbons (Fsp3) is 0.409. The summed E-state index contributed by atoms with van der Waals surface area (Å²) in [4.78, 5) is 21.7. The number of likely N-dealkylation sites (tertiary alicyclic amines) is 1. The lowest BCUT2D eigenvalue weighted by molar-refractivity contribution is 0.0668. The molecule has 0 spiro atoms. The normalized spacial score (nSPS) is 21.1. The molecular formula is C22H24ClN5O3. The van der Waals surface area contributed by atoms with E-state index in [0.29, 0.717) is 42.5 Å². The summed E-state index contributed by atoms with van der Waals surface area (Å²) >= 11 is 6.32. The van der Waals surface area contributed by atoms with E-state index in [1.165, 1.54) is 0 Å². The monoisotopic (exact) mass is 441 g/mol. The number of hydrogen-bond acceptors (Lipinski definition) is 6. The molecule has 1 amide bonds. The number of benzene rings is 1. The molecule has 5 rings (SSSR count). The van der Waals surface area contributed by atoms with Gasteiger partial charge in [-0.3, -0.25) is 9.69 Å². The van der Waals surface area contributed by atoms with Gasteiger partial charge < -0.3 is 14.7 Å². The second kappa shape index (κ2) is 7.47. The van der Waals surface area contributed by atoms with E-state index in [1.54, 1.807) is 21.5 Å². The van der Waals surface area contributed by atoms with Crippen molar-refractivity contribution in [1.29, 1.82) is 0 Å². The molecule has 8 nitrogen and oxygen atoms in total. The predicted molar refractivity (Wildman–Crippen MR) is 115 cm³/mol. The fourth-order valence-corrected chi connectivity index (χ4v) is 4.51. The van der Waals surface area contributed by atoms with Crippen LogP contribution in [-0.4, -0.2) is 67.8 Å². The minimum atomic E-state index is -0.581. The number of hydrogen-bond donors (Lipinski definition) is 1. The summed E-state index contributed by atoms with van der Waals surface area (Å²) in [5, 5.41) is 15.5. The van der Waals surface area contributed by atoms with Crippen molar-refractivity contribution in [3.8, 4) is 5.75 Å². The number of amides is 1. The van der Waals surface area contributed by atoms with E-state index >= 15 is 0 Å². The number of para-hydroxylation sites is 1. The number of rotatable bonds is 3. The minimum Gasteiger partial charge on any atom is -0.485 e. The molecule has 4 heterocycles. The maximum atomic E-state index is 13.4. The molecule has 0 bridgehead atoms. The van der Waals surface area contributed by atoms with Gasteiger partial charge in [-0.2, -0.15) is 5.10 Å². The fourth-order valence-electron chi connectivity index (χ4n) is 4.39. The van der Waals surface area contributed by atoms with Crippen molar-refractivity contribution >= 4 is 23.2 Å². The number of aromatic nitrogens is 3. The number of aryl methyl sites for hydroxylation is 2. The summed E-state index contributed by atoms with van der Waals surface area (Å²) < 4.78 is 7.82. The number of aliphatic hydroxyl groups excluding tert-OH is 1. The van der Waals surface area contributed by atoms with Crippen molar-refractivity contribution in [3.63, 3.8) is 0 Å². The second-order valence-corrected chi connectivity index (χ2v) is 8.74. The summed E-state index contributed by atoms with van der Waals surface area (Å²) in [6.45, 7) is 5.78. The molecule has 2 aliphatic heterocycles. The average molecular weight is 442 g/mol. The van der Waals surface area contributed by atoms with Gasteiger partial charge in [0, 0.05) is 18.7 Å². The standard InChI is InChI=1S/C22H24ClN5O3/c1-12-20(23)13(2)28-21(24-12)15-8-27(9-16(15)25-28)22(30)14-6-4-5-7-18(14)31-19-11-26(3)10-17(19)29/h4-7,17,19,29H,8-11H2,1-3H3. The molecule has 2 atom stereocenters. The first-order valence-electron chi connectivity index (χ1n) is 10.3. The molecular weight excluding hydrogens is 418 g/mol. The number of nitrogens with zero attached hydrogens (tertiary/aromatic N) is 5. The van der Waals surface area contributed by atoms with Gasteiger partial charge in [0.25, 0.3) is 5.91 Å². The van der Waals surface area contributed by atoms with Crippen LogP contribution in [0.1, 0.15) is 33.0 Å². The molecule has 2 aromatic heterocycles.